The van der Waals surface area contributed by atoms with Gasteiger partial charge in [-0.05, 0) is 51.4 Å². The molecule has 2 rings (SSSR count). The van der Waals surface area contributed by atoms with Crippen LogP contribution in [0.5, 0.6) is 5.75 Å². The second-order valence-electron chi connectivity index (χ2n) is 7.02. The molecule has 0 aromatic heterocycles. The molecule has 2 unspecified atom stereocenters. The molecule has 146 valence electrons. The molecule has 1 heterocycles. The lowest BCUT2D eigenvalue weighted by Gasteiger charge is -2.24. The van der Waals surface area contributed by atoms with Crippen LogP contribution < -0.4 is 10.1 Å². The zero-order valence-corrected chi connectivity index (χ0v) is 16.9. The van der Waals surface area contributed by atoms with E-state index in [1.807, 2.05) is 30.3 Å². The first-order valence-electron chi connectivity index (χ1n) is 10.1. The Balaban J connectivity index is 1.88. The van der Waals surface area contributed by atoms with Crippen LogP contribution >= 0.6 is 0 Å². The number of nitrogens with one attached hydrogen (secondary N) is 1. The van der Waals surface area contributed by atoms with Gasteiger partial charge in [-0.3, -0.25) is 0 Å². The average molecular weight is 361 g/mol. The summed E-state index contributed by atoms with van der Waals surface area (Å²) < 4.78 is 5.95. The van der Waals surface area contributed by atoms with E-state index in [1.165, 1.54) is 13.0 Å². The first kappa shape index (κ1) is 20.6. The molecule has 1 saturated heterocycles. The highest BCUT2D eigenvalue weighted by atomic mass is 16.5. The lowest BCUT2D eigenvalue weighted by Crippen LogP contribution is -2.41. The predicted octanol–water partition coefficient (Wildman–Crippen LogP) is 3.08. The van der Waals surface area contributed by atoms with Crippen LogP contribution in [0.3, 0.4) is 0 Å². The van der Waals surface area contributed by atoms with E-state index in [-0.39, 0.29) is 6.10 Å². The molecule has 1 aromatic rings. The van der Waals surface area contributed by atoms with Gasteiger partial charge in [-0.25, -0.2) is 4.99 Å². The van der Waals surface area contributed by atoms with Crippen LogP contribution in [0.15, 0.2) is 35.3 Å². The smallest absolute Gasteiger partial charge is 0.194 e. The van der Waals surface area contributed by atoms with Crippen LogP contribution in [-0.2, 0) is 0 Å². The number of para-hydroxylation sites is 1. The van der Waals surface area contributed by atoms with E-state index in [4.69, 9.17) is 9.73 Å². The van der Waals surface area contributed by atoms with E-state index in [0.29, 0.717) is 6.54 Å². The van der Waals surface area contributed by atoms with E-state index in [9.17, 15) is 0 Å². The summed E-state index contributed by atoms with van der Waals surface area (Å²) >= 11 is 0. The molecule has 26 heavy (non-hydrogen) atoms. The number of guanidine groups is 1. The number of hydrogen-bond acceptors (Lipinski definition) is 3. The van der Waals surface area contributed by atoms with Gasteiger partial charge in [0.2, 0.25) is 0 Å². The Morgan fingerprint density at radius 1 is 1.27 bits per heavy atom. The van der Waals surface area contributed by atoms with E-state index in [0.717, 1.165) is 50.4 Å². The van der Waals surface area contributed by atoms with Crippen molar-refractivity contribution in [3.8, 4) is 5.75 Å². The van der Waals surface area contributed by atoms with Gasteiger partial charge >= 0.3 is 0 Å². The van der Waals surface area contributed by atoms with Gasteiger partial charge in [0, 0.05) is 26.2 Å². The fourth-order valence-electron chi connectivity index (χ4n) is 3.43. The number of aliphatic imine (C=N–C) groups is 1. The van der Waals surface area contributed by atoms with Gasteiger partial charge in [-0.15, -0.1) is 0 Å². The fourth-order valence-corrected chi connectivity index (χ4v) is 3.43. The molecule has 0 saturated carbocycles. The Morgan fingerprint density at radius 3 is 2.65 bits per heavy atom. The summed E-state index contributed by atoms with van der Waals surface area (Å²) in [6.07, 6.45) is 1.30. The molecular weight excluding hydrogens is 324 g/mol. The number of nitrogens with zero attached hydrogens (tertiary/aromatic N) is 3. The maximum atomic E-state index is 5.95. The van der Waals surface area contributed by atoms with Gasteiger partial charge in [0.1, 0.15) is 11.9 Å². The minimum Gasteiger partial charge on any atom is -0.489 e. The largest absolute Gasteiger partial charge is 0.489 e. The molecule has 1 aliphatic heterocycles. The standard InChI is InChI=1S/C21H36N4O/c1-5-22-21(23-15-18(4)26-20-11-9-8-10-12-20)25-14-13-19(17-25)16-24(6-2)7-3/h8-12,18-19H,5-7,13-17H2,1-4H3,(H,22,23). The predicted molar refractivity (Wildman–Crippen MR) is 110 cm³/mol. The van der Waals surface area contributed by atoms with Crippen molar-refractivity contribution in [1.29, 1.82) is 0 Å². The first-order chi connectivity index (χ1) is 12.7. The summed E-state index contributed by atoms with van der Waals surface area (Å²) in [7, 11) is 0. The number of rotatable bonds is 9. The third-order valence-corrected chi connectivity index (χ3v) is 4.91. The molecule has 5 heteroatoms. The maximum Gasteiger partial charge on any atom is 0.194 e. The summed E-state index contributed by atoms with van der Waals surface area (Å²) in [6.45, 7) is 15.9. The lowest BCUT2D eigenvalue weighted by molar-refractivity contribution is 0.229. The number of hydrogen-bond donors (Lipinski definition) is 1. The first-order valence-corrected chi connectivity index (χ1v) is 10.1. The van der Waals surface area contributed by atoms with Gasteiger partial charge in [0.05, 0.1) is 6.54 Å². The van der Waals surface area contributed by atoms with Crippen molar-refractivity contribution in [2.24, 2.45) is 10.9 Å². The van der Waals surface area contributed by atoms with Crippen molar-refractivity contribution in [2.75, 3.05) is 45.8 Å². The molecule has 1 N–H and O–H groups in total. The number of ether oxygens (including phenoxy) is 1. The van der Waals surface area contributed by atoms with Gasteiger partial charge < -0.3 is 19.9 Å². The Hall–Kier alpha value is -1.75. The molecule has 0 radical (unpaired) electrons. The van der Waals surface area contributed by atoms with E-state index in [2.05, 4.69) is 42.8 Å². The van der Waals surface area contributed by atoms with Crippen LogP contribution in [0.2, 0.25) is 0 Å². The van der Waals surface area contributed by atoms with E-state index >= 15 is 0 Å². The van der Waals surface area contributed by atoms with Crippen LogP contribution in [0, 0.1) is 5.92 Å². The second-order valence-corrected chi connectivity index (χ2v) is 7.02. The number of benzene rings is 1. The summed E-state index contributed by atoms with van der Waals surface area (Å²) in [5.74, 6) is 2.66. The van der Waals surface area contributed by atoms with Crippen molar-refractivity contribution in [3.63, 3.8) is 0 Å². The SMILES string of the molecule is CCNC(=NCC(C)Oc1ccccc1)N1CCC(CN(CC)CC)C1. The molecule has 1 fully saturated rings. The quantitative estimate of drug-likeness (QED) is 0.543. The topological polar surface area (TPSA) is 40.1 Å². The Bertz CT molecular complexity index is 530. The molecule has 0 amide bonds. The zero-order valence-electron chi connectivity index (χ0n) is 16.9. The third kappa shape index (κ3) is 6.52. The summed E-state index contributed by atoms with van der Waals surface area (Å²) in [5.41, 5.74) is 0. The van der Waals surface area contributed by atoms with Gasteiger partial charge in [-0.2, -0.15) is 0 Å². The maximum absolute atomic E-state index is 5.95. The highest BCUT2D eigenvalue weighted by Gasteiger charge is 2.26. The number of likely N-dealkylation sites (tertiary alicyclic amines) is 1. The highest BCUT2D eigenvalue weighted by molar-refractivity contribution is 5.80. The van der Waals surface area contributed by atoms with Crippen LogP contribution in [0.4, 0.5) is 0 Å². The fraction of sp³-hybridized carbons (Fsp3) is 0.667. The molecule has 0 spiro atoms. The van der Waals surface area contributed by atoms with Gasteiger partial charge in [0.25, 0.3) is 0 Å². The van der Waals surface area contributed by atoms with Crippen molar-refractivity contribution in [3.05, 3.63) is 30.3 Å². The van der Waals surface area contributed by atoms with Gasteiger partial charge in [0.15, 0.2) is 5.96 Å². The Kier molecular flexibility index (Phi) is 8.75. The van der Waals surface area contributed by atoms with Crippen molar-refractivity contribution < 1.29 is 4.74 Å². The minimum absolute atomic E-state index is 0.0557. The molecule has 1 aliphatic rings. The third-order valence-electron chi connectivity index (χ3n) is 4.91. The van der Waals surface area contributed by atoms with Crippen molar-refractivity contribution in [1.82, 2.24) is 15.1 Å². The Labute approximate surface area is 159 Å². The molecule has 5 nitrogen and oxygen atoms in total. The van der Waals surface area contributed by atoms with E-state index in [1.54, 1.807) is 0 Å². The molecule has 1 aromatic carbocycles. The Morgan fingerprint density at radius 2 is 2.00 bits per heavy atom. The summed E-state index contributed by atoms with van der Waals surface area (Å²) in [5, 5.41) is 3.45. The summed E-state index contributed by atoms with van der Waals surface area (Å²) in [6, 6.07) is 9.97. The van der Waals surface area contributed by atoms with E-state index < -0.39 is 0 Å². The average Bonchev–Trinajstić information content (AvgIpc) is 3.12. The second kappa shape index (κ2) is 11.1. The normalized spacial score (nSPS) is 19.0. The molecule has 0 bridgehead atoms. The van der Waals surface area contributed by atoms with Crippen molar-refractivity contribution >= 4 is 5.96 Å². The lowest BCUT2D eigenvalue weighted by atomic mass is 10.1. The highest BCUT2D eigenvalue weighted by Crippen LogP contribution is 2.18. The van der Waals surface area contributed by atoms with Crippen LogP contribution in [0.25, 0.3) is 0 Å². The molecule has 2 atom stereocenters. The molecule has 0 aliphatic carbocycles. The zero-order chi connectivity index (χ0) is 18.8. The minimum atomic E-state index is 0.0557. The molecular formula is C21H36N4O. The van der Waals surface area contributed by atoms with Crippen LogP contribution in [0.1, 0.15) is 34.1 Å². The van der Waals surface area contributed by atoms with Crippen molar-refractivity contribution in [2.45, 2.75) is 40.2 Å². The van der Waals surface area contributed by atoms with Crippen LogP contribution in [-0.4, -0.2) is 67.7 Å². The summed E-state index contributed by atoms with van der Waals surface area (Å²) in [4.78, 5) is 9.77. The monoisotopic (exact) mass is 360 g/mol. The van der Waals surface area contributed by atoms with Gasteiger partial charge in [-0.1, -0.05) is 32.0 Å².